The zero-order chi connectivity index (χ0) is 16.1. The molecule has 2 N–H and O–H groups in total. The van der Waals surface area contributed by atoms with Crippen LogP contribution in [0.15, 0.2) is 41.8 Å². The summed E-state index contributed by atoms with van der Waals surface area (Å²) in [5.74, 6) is -0.416. The molecule has 5 nitrogen and oxygen atoms in total. The van der Waals surface area contributed by atoms with Crippen molar-refractivity contribution in [1.82, 2.24) is 10.9 Å². The highest BCUT2D eigenvalue weighted by molar-refractivity contribution is 7.10. The minimum Gasteiger partial charge on any atom is -0.362 e. The van der Waals surface area contributed by atoms with E-state index in [1.807, 2.05) is 35.7 Å². The predicted molar refractivity (Wildman–Crippen MR) is 91.3 cm³/mol. The van der Waals surface area contributed by atoms with E-state index in [9.17, 15) is 9.59 Å². The first-order valence-electron chi connectivity index (χ1n) is 7.65. The molecule has 1 aromatic heterocycles. The molecule has 2 aromatic rings. The van der Waals surface area contributed by atoms with E-state index in [2.05, 4.69) is 21.8 Å². The van der Waals surface area contributed by atoms with Gasteiger partial charge in [0.05, 0.1) is 13.0 Å². The molecule has 3 rings (SSSR count). The molecule has 23 heavy (non-hydrogen) atoms. The quantitative estimate of drug-likeness (QED) is 0.842. The van der Waals surface area contributed by atoms with Crippen molar-refractivity contribution in [3.05, 3.63) is 52.2 Å². The lowest BCUT2D eigenvalue weighted by molar-refractivity contribution is -0.127. The van der Waals surface area contributed by atoms with E-state index in [1.165, 1.54) is 16.9 Å². The molecule has 2 heterocycles. The van der Waals surface area contributed by atoms with Crippen molar-refractivity contribution in [2.75, 3.05) is 18.0 Å². The Morgan fingerprint density at radius 3 is 2.74 bits per heavy atom. The van der Waals surface area contributed by atoms with Gasteiger partial charge in [0, 0.05) is 17.1 Å². The van der Waals surface area contributed by atoms with Crippen LogP contribution in [0.25, 0.3) is 0 Å². The van der Waals surface area contributed by atoms with Crippen LogP contribution in [0, 0.1) is 0 Å². The van der Waals surface area contributed by atoms with Crippen LogP contribution < -0.4 is 15.8 Å². The molecule has 1 aliphatic rings. The first kappa shape index (κ1) is 15.6. The molecule has 2 amide bonds. The third kappa shape index (κ3) is 4.10. The van der Waals surface area contributed by atoms with Crippen LogP contribution in [0.1, 0.15) is 16.9 Å². The van der Waals surface area contributed by atoms with E-state index in [1.54, 1.807) is 0 Å². The van der Waals surface area contributed by atoms with E-state index in [0.717, 1.165) is 30.0 Å². The number of benzene rings is 1. The average Bonchev–Trinajstić information content (AvgIpc) is 3.06. The highest BCUT2D eigenvalue weighted by Crippen LogP contribution is 2.26. The van der Waals surface area contributed by atoms with Gasteiger partial charge in [0.2, 0.25) is 5.91 Å². The maximum Gasteiger partial charge on any atom is 0.257 e. The number of aryl methyl sites for hydroxylation is 1. The summed E-state index contributed by atoms with van der Waals surface area (Å²) in [4.78, 5) is 26.9. The number of carbonyl (C=O) groups excluding carboxylic acids is 2. The van der Waals surface area contributed by atoms with Crippen molar-refractivity contribution in [2.24, 2.45) is 0 Å². The summed E-state index contributed by atoms with van der Waals surface area (Å²) in [5.41, 5.74) is 7.35. The standard InChI is InChI=1S/C17H19N3O2S/c21-16(11-14-7-4-10-23-14)18-19-17(22)12-20-9-3-6-13-5-1-2-8-15(13)20/h1-2,4-5,7-8,10H,3,6,9,11-12H2,(H,18,21)(H,19,22). The molecule has 0 aliphatic carbocycles. The number of thiophene rings is 1. The van der Waals surface area contributed by atoms with Crippen LogP contribution in [0.5, 0.6) is 0 Å². The molecule has 120 valence electrons. The van der Waals surface area contributed by atoms with Crippen molar-refractivity contribution in [3.8, 4) is 0 Å². The largest absolute Gasteiger partial charge is 0.362 e. The topological polar surface area (TPSA) is 61.4 Å². The van der Waals surface area contributed by atoms with Gasteiger partial charge in [-0.05, 0) is 35.9 Å². The van der Waals surface area contributed by atoms with Crippen molar-refractivity contribution in [3.63, 3.8) is 0 Å². The maximum atomic E-state index is 12.1. The van der Waals surface area contributed by atoms with Gasteiger partial charge in [-0.15, -0.1) is 11.3 Å². The average molecular weight is 329 g/mol. The second kappa shape index (κ2) is 7.28. The third-order valence-electron chi connectivity index (χ3n) is 3.80. The van der Waals surface area contributed by atoms with Crippen LogP contribution in [-0.2, 0) is 22.4 Å². The van der Waals surface area contributed by atoms with Gasteiger partial charge in [-0.1, -0.05) is 24.3 Å². The number of nitrogens with one attached hydrogen (secondary N) is 2. The number of hydrazine groups is 1. The van der Waals surface area contributed by atoms with E-state index in [0.29, 0.717) is 0 Å². The molecule has 1 aliphatic heterocycles. The van der Waals surface area contributed by atoms with Gasteiger partial charge in [-0.2, -0.15) is 0 Å². The highest BCUT2D eigenvalue weighted by atomic mass is 32.1. The van der Waals surface area contributed by atoms with Gasteiger partial charge < -0.3 is 4.90 Å². The molecule has 0 fully saturated rings. The zero-order valence-corrected chi connectivity index (χ0v) is 13.6. The second-order valence-corrected chi connectivity index (χ2v) is 6.54. The highest BCUT2D eigenvalue weighted by Gasteiger charge is 2.18. The van der Waals surface area contributed by atoms with Gasteiger partial charge >= 0.3 is 0 Å². The van der Waals surface area contributed by atoms with Crippen LogP contribution in [-0.4, -0.2) is 24.9 Å². The summed E-state index contributed by atoms with van der Waals surface area (Å²) in [7, 11) is 0. The normalized spacial score (nSPS) is 13.3. The number of hydrogen-bond acceptors (Lipinski definition) is 4. The molecular weight excluding hydrogens is 310 g/mol. The van der Waals surface area contributed by atoms with Crippen LogP contribution in [0.4, 0.5) is 5.69 Å². The Labute approximate surface area is 139 Å². The Morgan fingerprint density at radius 1 is 1.09 bits per heavy atom. The van der Waals surface area contributed by atoms with Gasteiger partial charge in [0.1, 0.15) is 0 Å². The minimum absolute atomic E-state index is 0.207. The van der Waals surface area contributed by atoms with Crippen LogP contribution >= 0.6 is 11.3 Å². The first-order chi connectivity index (χ1) is 11.2. The number of rotatable bonds is 4. The predicted octanol–water partition coefficient (Wildman–Crippen LogP) is 1.89. The molecule has 0 saturated carbocycles. The number of fused-ring (bicyclic) bond motifs is 1. The van der Waals surface area contributed by atoms with E-state index >= 15 is 0 Å². The van der Waals surface area contributed by atoms with Crippen LogP contribution in [0.2, 0.25) is 0 Å². The van der Waals surface area contributed by atoms with Crippen molar-refractivity contribution < 1.29 is 9.59 Å². The van der Waals surface area contributed by atoms with Crippen molar-refractivity contribution >= 4 is 28.8 Å². The maximum absolute atomic E-state index is 12.1. The fraction of sp³-hybridized carbons (Fsp3) is 0.294. The Kier molecular flexibility index (Phi) is 4.92. The van der Waals surface area contributed by atoms with Gasteiger partial charge in [0.25, 0.3) is 5.91 Å². The summed E-state index contributed by atoms with van der Waals surface area (Å²) in [6, 6.07) is 11.9. The van der Waals surface area contributed by atoms with E-state index in [4.69, 9.17) is 0 Å². The summed E-state index contributed by atoms with van der Waals surface area (Å²) >= 11 is 1.52. The zero-order valence-electron chi connectivity index (χ0n) is 12.7. The van der Waals surface area contributed by atoms with E-state index < -0.39 is 0 Å². The number of amides is 2. The van der Waals surface area contributed by atoms with Gasteiger partial charge in [-0.25, -0.2) is 0 Å². The number of carbonyl (C=O) groups is 2. The van der Waals surface area contributed by atoms with Gasteiger partial charge in [-0.3, -0.25) is 20.4 Å². The Hall–Kier alpha value is -2.34. The fourth-order valence-electron chi connectivity index (χ4n) is 2.74. The summed E-state index contributed by atoms with van der Waals surface area (Å²) in [5, 5.41) is 1.93. The van der Waals surface area contributed by atoms with E-state index in [-0.39, 0.29) is 24.8 Å². The molecule has 0 radical (unpaired) electrons. The Bertz CT molecular complexity index is 685. The number of hydrogen-bond donors (Lipinski definition) is 2. The smallest absolute Gasteiger partial charge is 0.257 e. The summed E-state index contributed by atoms with van der Waals surface area (Å²) in [6.45, 7) is 1.10. The summed E-state index contributed by atoms with van der Waals surface area (Å²) < 4.78 is 0. The number of anilines is 1. The Morgan fingerprint density at radius 2 is 1.91 bits per heavy atom. The minimum atomic E-state index is -0.208. The van der Waals surface area contributed by atoms with Gasteiger partial charge in [0.15, 0.2) is 0 Å². The molecule has 0 atom stereocenters. The van der Waals surface area contributed by atoms with Crippen molar-refractivity contribution in [2.45, 2.75) is 19.3 Å². The molecule has 6 heteroatoms. The molecule has 0 bridgehead atoms. The molecule has 0 spiro atoms. The fourth-order valence-corrected chi connectivity index (χ4v) is 3.45. The molecule has 1 aromatic carbocycles. The number of para-hydroxylation sites is 1. The SMILES string of the molecule is O=C(Cc1cccs1)NNC(=O)CN1CCCc2ccccc21. The Balaban J connectivity index is 1.49. The molecule has 0 unspecified atom stereocenters. The third-order valence-corrected chi connectivity index (χ3v) is 4.67. The molecular formula is C17H19N3O2S. The second-order valence-electron chi connectivity index (χ2n) is 5.51. The lowest BCUT2D eigenvalue weighted by Crippen LogP contribution is -2.47. The number of nitrogens with zero attached hydrogens (tertiary/aromatic N) is 1. The first-order valence-corrected chi connectivity index (χ1v) is 8.53. The summed E-state index contributed by atoms with van der Waals surface area (Å²) in [6.07, 6.45) is 2.37. The lowest BCUT2D eigenvalue weighted by atomic mass is 10.0. The monoisotopic (exact) mass is 329 g/mol. The molecule has 0 saturated heterocycles. The lowest BCUT2D eigenvalue weighted by Gasteiger charge is -2.30. The van der Waals surface area contributed by atoms with Crippen molar-refractivity contribution in [1.29, 1.82) is 0 Å². The van der Waals surface area contributed by atoms with Crippen LogP contribution in [0.3, 0.4) is 0 Å².